The number of carbonyl (C=O) groups excluding carboxylic acids is 2. The number of hydrogen-bond donors (Lipinski definition) is 1. The zero-order valence-electron chi connectivity index (χ0n) is 23.5. The number of nitrogens with two attached hydrogens (primary N) is 1. The van der Waals surface area contributed by atoms with Gasteiger partial charge in [-0.1, -0.05) is 30.3 Å². The number of piperidine rings is 1. The van der Waals surface area contributed by atoms with Gasteiger partial charge in [0.05, 0.1) is 5.69 Å². The molecule has 0 unspecified atom stereocenters. The van der Waals surface area contributed by atoms with E-state index in [4.69, 9.17) is 10.5 Å². The molecule has 4 heterocycles. The molecule has 2 N–H and O–H groups in total. The Hall–Kier alpha value is -4.18. The van der Waals surface area contributed by atoms with Gasteiger partial charge >= 0.3 is 6.09 Å². The number of carbonyl (C=O) groups is 2. The Morgan fingerprint density at radius 3 is 2.37 bits per heavy atom. The van der Waals surface area contributed by atoms with Gasteiger partial charge in [0, 0.05) is 82.4 Å². The van der Waals surface area contributed by atoms with Crippen molar-refractivity contribution >= 4 is 23.8 Å². The Morgan fingerprint density at radius 2 is 1.61 bits per heavy atom. The molecule has 2 amide bonds. The number of likely N-dealkylation sites (tertiary alicyclic amines) is 1. The van der Waals surface area contributed by atoms with E-state index in [0.29, 0.717) is 44.6 Å². The van der Waals surface area contributed by atoms with Crippen LogP contribution >= 0.6 is 0 Å². The first-order valence-electron chi connectivity index (χ1n) is 14.4. The summed E-state index contributed by atoms with van der Waals surface area (Å²) in [5.41, 5.74) is 10.9. The fraction of sp³-hybridized carbons (Fsp3) is 0.419. The molecule has 2 aromatic carbocycles. The molecule has 0 spiro atoms. The predicted octanol–water partition coefficient (Wildman–Crippen LogP) is 3.28. The summed E-state index contributed by atoms with van der Waals surface area (Å²) in [5, 5.41) is 0. The van der Waals surface area contributed by atoms with Crippen LogP contribution in [0.3, 0.4) is 0 Å². The number of nitrogen functional groups attached to an aromatic ring is 1. The molecule has 2 saturated heterocycles. The van der Waals surface area contributed by atoms with Crippen LogP contribution in [-0.4, -0.2) is 95.6 Å². The predicted molar refractivity (Wildman–Crippen MR) is 158 cm³/mol. The first-order valence-corrected chi connectivity index (χ1v) is 14.4. The van der Waals surface area contributed by atoms with Gasteiger partial charge in [-0.15, -0.1) is 0 Å². The molecule has 214 valence electrons. The van der Waals surface area contributed by atoms with Gasteiger partial charge in [-0.25, -0.2) is 9.78 Å². The minimum absolute atomic E-state index is 0.0277. The molecule has 0 bridgehead atoms. The molecule has 2 fully saturated rings. The van der Waals surface area contributed by atoms with Gasteiger partial charge in [0.1, 0.15) is 11.9 Å². The van der Waals surface area contributed by atoms with Crippen LogP contribution in [0.25, 0.3) is 11.3 Å². The number of anilines is 2. The number of ether oxygens (including phenoxy) is 1. The first kappa shape index (κ1) is 27.0. The van der Waals surface area contributed by atoms with Crippen LogP contribution in [0.15, 0.2) is 54.6 Å². The molecular weight excluding hydrogens is 518 g/mol. The lowest BCUT2D eigenvalue weighted by Crippen LogP contribution is -2.44. The Labute approximate surface area is 240 Å². The standard InChI is InChI=1S/C31H37N7O3/c1-35-15-17-36(18-16-35)28-20-27(33-30(32)34-28)24-8-7-22-9-12-38(21-25(22)19-24)31(40)41-26-10-13-37(14-11-26)29(39)23-5-3-2-4-6-23/h2-8,19-20,26H,9-18,21H2,1H3,(H2,32,33,34). The number of nitrogens with zero attached hydrogens (tertiary/aromatic N) is 6. The lowest BCUT2D eigenvalue weighted by atomic mass is 9.96. The van der Waals surface area contributed by atoms with Gasteiger partial charge < -0.3 is 30.1 Å². The molecule has 3 aromatic rings. The van der Waals surface area contributed by atoms with E-state index in [-0.39, 0.29) is 24.1 Å². The molecule has 0 radical (unpaired) electrons. The van der Waals surface area contributed by atoms with Gasteiger partial charge in [0.2, 0.25) is 5.95 Å². The van der Waals surface area contributed by atoms with Crippen molar-refractivity contribution in [3.63, 3.8) is 0 Å². The van der Waals surface area contributed by atoms with Crippen LogP contribution in [0.2, 0.25) is 0 Å². The first-order chi connectivity index (χ1) is 19.9. The topological polar surface area (TPSA) is 108 Å². The van der Waals surface area contributed by atoms with E-state index in [1.54, 1.807) is 4.90 Å². The second-order valence-corrected chi connectivity index (χ2v) is 11.2. The maximum Gasteiger partial charge on any atom is 0.410 e. The normalized spacial score (nSPS) is 18.2. The van der Waals surface area contributed by atoms with Gasteiger partial charge in [0.25, 0.3) is 5.91 Å². The van der Waals surface area contributed by atoms with Crippen LogP contribution in [0.4, 0.5) is 16.6 Å². The zero-order chi connectivity index (χ0) is 28.3. The smallest absolute Gasteiger partial charge is 0.410 e. The van der Waals surface area contributed by atoms with Crippen molar-refractivity contribution in [2.45, 2.75) is 31.9 Å². The van der Waals surface area contributed by atoms with Crippen LogP contribution in [0, 0.1) is 0 Å². The Bertz CT molecular complexity index is 1400. The number of hydrogen-bond acceptors (Lipinski definition) is 8. The Kier molecular flexibility index (Phi) is 7.74. The van der Waals surface area contributed by atoms with Crippen LogP contribution in [0.1, 0.15) is 34.3 Å². The van der Waals surface area contributed by atoms with Crippen molar-refractivity contribution in [3.05, 3.63) is 71.3 Å². The number of amides is 2. The van der Waals surface area contributed by atoms with E-state index in [1.165, 1.54) is 5.56 Å². The van der Waals surface area contributed by atoms with Crippen molar-refractivity contribution in [2.24, 2.45) is 0 Å². The van der Waals surface area contributed by atoms with Crippen molar-refractivity contribution < 1.29 is 14.3 Å². The number of fused-ring (bicyclic) bond motifs is 1. The monoisotopic (exact) mass is 555 g/mol. The molecular formula is C31H37N7O3. The number of aromatic nitrogens is 2. The quantitative estimate of drug-likeness (QED) is 0.523. The van der Waals surface area contributed by atoms with Crippen molar-refractivity contribution in [1.82, 2.24) is 24.7 Å². The van der Waals surface area contributed by atoms with Gasteiger partial charge in [-0.05, 0) is 42.8 Å². The van der Waals surface area contributed by atoms with E-state index < -0.39 is 0 Å². The highest BCUT2D eigenvalue weighted by Gasteiger charge is 2.29. The highest BCUT2D eigenvalue weighted by molar-refractivity contribution is 5.94. The molecule has 0 saturated carbocycles. The average molecular weight is 556 g/mol. The maximum atomic E-state index is 13.1. The maximum absolute atomic E-state index is 13.1. The molecule has 41 heavy (non-hydrogen) atoms. The van der Waals surface area contributed by atoms with Crippen molar-refractivity contribution in [1.29, 1.82) is 0 Å². The summed E-state index contributed by atoms with van der Waals surface area (Å²) in [6.07, 6.45) is 1.57. The third-order valence-corrected chi connectivity index (χ3v) is 8.35. The van der Waals surface area contributed by atoms with Gasteiger partial charge in [0.15, 0.2) is 0 Å². The summed E-state index contributed by atoms with van der Waals surface area (Å²) in [5.74, 6) is 1.14. The van der Waals surface area contributed by atoms with Crippen LogP contribution < -0.4 is 10.6 Å². The average Bonchev–Trinajstić information content (AvgIpc) is 3.01. The SMILES string of the molecule is CN1CCN(c2cc(-c3ccc4c(c3)CN(C(=O)OC3CCN(C(=O)c5ccccc5)CC3)CC4)nc(N)n2)CC1. The summed E-state index contributed by atoms with van der Waals surface area (Å²) in [6, 6.07) is 17.6. The number of rotatable bonds is 4. The largest absolute Gasteiger partial charge is 0.446 e. The van der Waals surface area contributed by atoms with E-state index >= 15 is 0 Å². The minimum Gasteiger partial charge on any atom is -0.446 e. The molecule has 10 heteroatoms. The van der Waals surface area contributed by atoms with Crippen molar-refractivity contribution in [2.75, 3.05) is 63.5 Å². The highest BCUT2D eigenvalue weighted by atomic mass is 16.6. The molecule has 0 aliphatic carbocycles. The summed E-state index contributed by atoms with van der Waals surface area (Å²) < 4.78 is 5.90. The Morgan fingerprint density at radius 1 is 0.854 bits per heavy atom. The molecule has 0 atom stereocenters. The second kappa shape index (κ2) is 11.7. The summed E-state index contributed by atoms with van der Waals surface area (Å²) in [4.78, 5) is 43.1. The molecule has 1 aromatic heterocycles. The second-order valence-electron chi connectivity index (χ2n) is 11.2. The van der Waals surface area contributed by atoms with Crippen molar-refractivity contribution in [3.8, 4) is 11.3 Å². The molecule has 6 rings (SSSR count). The summed E-state index contributed by atoms with van der Waals surface area (Å²) in [7, 11) is 2.13. The van der Waals surface area contributed by atoms with Gasteiger partial charge in [-0.2, -0.15) is 4.98 Å². The van der Waals surface area contributed by atoms with E-state index in [9.17, 15) is 9.59 Å². The van der Waals surface area contributed by atoms with E-state index in [2.05, 4.69) is 45.0 Å². The van der Waals surface area contributed by atoms with E-state index in [0.717, 1.165) is 55.2 Å². The number of piperazine rings is 1. The van der Waals surface area contributed by atoms with Crippen LogP contribution in [0.5, 0.6) is 0 Å². The summed E-state index contributed by atoms with van der Waals surface area (Å²) in [6.45, 7) is 6.02. The molecule has 3 aliphatic rings. The third kappa shape index (κ3) is 6.12. The summed E-state index contributed by atoms with van der Waals surface area (Å²) >= 11 is 0. The number of likely N-dealkylation sites (N-methyl/N-ethyl adjacent to an activating group) is 1. The van der Waals surface area contributed by atoms with E-state index in [1.807, 2.05) is 41.3 Å². The highest BCUT2D eigenvalue weighted by Crippen LogP contribution is 2.29. The van der Waals surface area contributed by atoms with Crippen LogP contribution in [-0.2, 0) is 17.7 Å². The third-order valence-electron chi connectivity index (χ3n) is 8.35. The molecule has 3 aliphatic heterocycles. The lowest BCUT2D eigenvalue weighted by molar-refractivity contribution is 0.0251. The number of benzene rings is 2. The zero-order valence-corrected chi connectivity index (χ0v) is 23.5. The lowest BCUT2D eigenvalue weighted by Gasteiger charge is -2.34. The minimum atomic E-state index is -0.294. The van der Waals surface area contributed by atoms with Gasteiger partial charge in [-0.3, -0.25) is 4.79 Å². The fourth-order valence-electron chi connectivity index (χ4n) is 5.83. The Balaban J connectivity index is 1.08. The molecule has 10 nitrogen and oxygen atoms in total. The fourth-order valence-corrected chi connectivity index (χ4v) is 5.83.